The fourth-order valence-electron chi connectivity index (χ4n) is 12.7. The quantitative estimate of drug-likeness (QED) is 0.0320. The van der Waals surface area contributed by atoms with Crippen LogP contribution in [0.2, 0.25) is 0 Å². The summed E-state index contributed by atoms with van der Waals surface area (Å²) in [7, 11) is 0. The van der Waals surface area contributed by atoms with Crippen LogP contribution in [-0.4, -0.2) is 47.4 Å². The van der Waals surface area contributed by atoms with E-state index in [4.69, 9.17) is 4.74 Å². The summed E-state index contributed by atoms with van der Waals surface area (Å²) in [6.45, 7) is 4.97. The van der Waals surface area contributed by atoms with E-state index < -0.39 is 12.1 Å². The van der Waals surface area contributed by atoms with Crippen molar-refractivity contribution in [3.63, 3.8) is 0 Å². The van der Waals surface area contributed by atoms with Crippen LogP contribution >= 0.6 is 0 Å². The van der Waals surface area contributed by atoms with Crippen LogP contribution in [0.5, 0.6) is 0 Å². The zero-order chi connectivity index (χ0) is 64.2. The van der Waals surface area contributed by atoms with Crippen LogP contribution in [-0.2, 0) is 14.3 Å². The Balaban J connectivity index is 3.37. The van der Waals surface area contributed by atoms with E-state index in [-0.39, 0.29) is 18.5 Å². The first kappa shape index (κ1) is 86.8. The Morgan fingerprint density at radius 3 is 0.876 bits per heavy atom. The Morgan fingerprint density at radius 2 is 0.562 bits per heavy atom. The molecule has 0 radical (unpaired) electrons. The number of rotatable bonds is 76. The second-order valence-corrected chi connectivity index (χ2v) is 27.7. The molecule has 0 heterocycles. The molecule has 0 aliphatic heterocycles. The zero-order valence-electron chi connectivity index (χ0n) is 60.2. The summed E-state index contributed by atoms with van der Waals surface area (Å²) in [5, 5.41) is 23.4. The Morgan fingerprint density at radius 1 is 0.315 bits per heavy atom. The van der Waals surface area contributed by atoms with Crippen LogP contribution in [0.15, 0.2) is 48.6 Å². The standard InChI is InChI=1S/C83H157NO5/c1-3-5-7-9-11-13-15-17-19-21-22-40-44-47-51-55-59-63-67-71-75-81(86)80(79-85)84-82(87)76-72-68-64-60-56-52-48-45-41-38-36-34-32-30-28-26-24-23-25-27-29-31-33-35-37-39-42-46-50-54-58-62-66-70-74-78-89-83(88)77-73-69-65-61-57-53-49-43-20-18-16-14-12-10-8-6-4-2/h12,14,18,20,25,27,31,33,80-81,85-86H,3-11,13,15-17,19,21-24,26,28-30,32,34-79H2,1-2H3,(H,84,87)/b14-12-,20-18-,27-25-,33-31-. The van der Waals surface area contributed by atoms with Gasteiger partial charge in [0.15, 0.2) is 0 Å². The first-order valence-corrected chi connectivity index (χ1v) is 40.4. The minimum absolute atomic E-state index is 0.00950. The molecule has 0 spiro atoms. The summed E-state index contributed by atoms with van der Waals surface area (Å²) >= 11 is 0. The summed E-state index contributed by atoms with van der Waals surface area (Å²) in [4.78, 5) is 24.7. The number of aliphatic hydroxyl groups excluding tert-OH is 2. The van der Waals surface area contributed by atoms with E-state index in [1.54, 1.807) is 0 Å². The average molecular weight is 1250 g/mol. The molecule has 2 unspecified atom stereocenters. The first-order chi connectivity index (χ1) is 44.0. The SMILES string of the molecule is CCCCC/C=C\C/C=C\CCCCCCCCCC(=O)OCCCCCCCCCCCCC/C=C\C/C=C\CCCCCCCCCCCCCCCCCCCC(=O)NC(CO)C(O)CCCCCCCCCCCCCCCCCCCCCC. The average Bonchev–Trinajstić information content (AvgIpc) is 3.57. The van der Waals surface area contributed by atoms with Gasteiger partial charge in [0.1, 0.15) is 0 Å². The molecule has 0 aromatic carbocycles. The lowest BCUT2D eigenvalue weighted by Crippen LogP contribution is -2.45. The molecular weight excluding hydrogens is 1090 g/mol. The van der Waals surface area contributed by atoms with Crippen LogP contribution in [0, 0.1) is 0 Å². The van der Waals surface area contributed by atoms with Crippen LogP contribution in [0.1, 0.15) is 444 Å². The molecule has 0 aromatic heterocycles. The van der Waals surface area contributed by atoms with Crippen molar-refractivity contribution in [3.8, 4) is 0 Å². The molecule has 524 valence electrons. The first-order valence-electron chi connectivity index (χ1n) is 40.4. The number of hydrogen-bond acceptors (Lipinski definition) is 5. The normalized spacial score (nSPS) is 12.7. The lowest BCUT2D eigenvalue weighted by molar-refractivity contribution is -0.143. The molecule has 3 N–H and O–H groups in total. The van der Waals surface area contributed by atoms with E-state index in [1.165, 1.54) is 353 Å². The third-order valence-corrected chi connectivity index (χ3v) is 18.9. The summed E-state index contributed by atoms with van der Waals surface area (Å²) in [6.07, 6.45) is 103. The van der Waals surface area contributed by atoms with Gasteiger partial charge in [-0.1, -0.05) is 390 Å². The van der Waals surface area contributed by atoms with Gasteiger partial charge in [-0.25, -0.2) is 0 Å². The van der Waals surface area contributed by atoms with Gasteiger partial charge in [0, 0.05) is 12.8 Å². The van der Waals surface area contributed by atoms with E-state index in [2.05, 4.69) is 67.8 Å². The Hall–Kier alpha value is -2.18. The molecule has 6 heteroatoms. The molecule has 0 aliphatic carbocycles. The number of unbranched alkanes of at least 4 members (excludes halogenated alkanes) is 57. The lowest BCUT2D eigenvalue weighted by Gasteiger charge is -2.22. The number of esters is 1. The van der Waals surface area contributed by atoms with Crippen molar-refractivity contribution in [1.29, 1.82) is 0 Å². The number of amides is 1. The molecule has 1 amide bonds. The number of allylic oxidation sites excluding steroid dienone is 8. The summed E-state index contributed by atoms with van der Waals surface area (Å²) in [6, 6.07) is -0.541. The van der Waals surface area contributed by atoms with Gasteiger partial charge in [0.25, 0.3) is 0 Å². The maximum atomic E-state index is 12.6. The molecule has 6 nitrogen and oxygen atoms in total. The fraction of sp³-hybridized carbons (Fsp3) is 0.880. The molecule has 0 aliphatic rings. The van der Waals surface area contributed by atoms with Crippen LogP contribution < -0.4 is 5.32 Å². The fourth-order valence-corrected chi connectivity index (χ4v) is 12.7. The second kappa shape index (κ2) is 78.3. The predicted molar refractivity (Wildman–Crippen MR) is 393 cm³/mol. The lowest BCUT2D eigenvalue weighted by atomic mass is 10.0. The summed E-state index contributed by atoms with van der Waals surface area (Å²) < 4.78 is 5.50. The minimum Gasteiger partial charge on any atom is -0.466 e. The predicted octanol–water partition coefficient (Wildman–Crippen LogP) is 26.8. The highest BCUT2D eigenvalue weighted by Gasteiger charge is 2.20. The van der Waals surface area contributed by atoms with Crippen molar-refractivity contribution in [3.05, 3.63) is 48.6 Å². The molecule has 0 fully saturated rings. The van der Waals surface area contributed by atoms with E-state index >= 15 is 0 Å². The zero-order valence-corrected chi connectivity index (χ0v) is 60.2. The van der Waals surface area contributed by atoms with E-state index in [1.807, 2.05) is 0 Å². The number of hydrogen-bond donors (Lipinski definition) is 3. The molecule has 0 rings (SSSR count). The largest absolute Gasteiger partial charge is 0.466 e. The maximum Gasteiger partial charge on any atom is 0.305 e. The van der Waals surface area contributed by atoms with Gasteiger partial charge in [-0.05, 0) is 89.9 Å². The third kappa shape index (κ3) is 74.7. The highest BCUT2D eigenvalue weighted by molar-refractivity contribution is 5.76. The molecule has 0 saturated heterocycles. The van der Waals surface area contributed by atoms with Crippen molar-refractivity contribution >= 4 is 11.9 Å². The third-order valence-electron chi connectivity index (χ3n) is 18.9. The van der Waals surface area contributed by atoms with Crippen molar-refractivity contribution in [1.82, 2.24) is 5.32 Å². The van der Waals surface area contributed by atoms with Crippen molar-refractivity contribution in [2.45, 2.75) is 456 Å². The Kier molecular flexibility index (Phi) is 76.3. The number of nitrogens with one attached hydrogen (secondary N) is 1. The van der Waals surface area contributed by atoms with Gasteiger partial charge in [0.2, 0.25) is 5.91 Å². The van der Waals surface area contributed by atoms with Gasteiger partial charge < -0.3 is 20.3 Å². The highest BCUT2D eigenvalue weighted by atomic mass is 16.5. The molecule has 89 heavy (non-hydrogen) atoms. The number of ether oxygens (including phenoxy) is 1. The van der Waals surface area contributed by atoms with Crippen LogP contribution in [0.3, 0.4) is 0 Å². The van der Waals surface area contributed by atoms with Gasteiger partial charge in [-0.15, -0.1) is 0 Å². The van der Waals surface area contributed by atoms with Crippen molar-refractivity contribution in [2.75, 3.05) is 13.2 Å². The van der Waals surface area contributed by atoms with Gasteiger partial charge in [-0.2, -0.15) is 0 Å². The molecule has 0 aromatic rings. The Labute approximate surface area is 556 Å². The summed E-state index contributed by atoms with van der Waals surface area (Å²) in [5.41, 5.74) is 0. The van der Waals surface area contributed by atoms with Crippen LogP contribution in [0.4, 0.5) is 0 Å². The maximum absolute atomic E-state index is 12.6. The number of carbonyl (C=O) groups excluding carboxylic acids is 2. The van der Waals surface area contributed by atoms with Gasteiger partial charge in [0.05, 0.1) is 25.4 Å². The van der Waals surface area contributed by atoms with Gasteiger partial charge >= 0.3 is 5.97 Å². The number of carbonyl (C=O) groups is 2. The molecule has 2 atom stereocenters. The topological polar surface area (TPSA) is 95.9 Å². The van der Waals surface area contributed by atoms with E-state index in [0.717, 1.165) is 57.8 Å². The number of aliphatic hydroxyl groups is 2. The van der Waals surface area contributed by atoms with Crippen LogP contribution in [0.25, 0.3) is 0 Å². The molecule has 0 bridgehead atoms. The second-order valence-electron chi connectivity index (χ2n) is 27.7. The molecular formula is C83H157NO5. The smallest absolute Gasteiger partial charge is 0.305 e. The Bertz CT molecular complexity index is 1490. The monoisotopic (exact) mass is 1250 g/mol. The molecule has 0 saturated carbocycles. The summed E-state index contributed by atoms with van der Waals surface area (Å²) in [5.74, 6) is -0.0186. The minimum atomic E-state index is -0.664. The van der Waals surface area contributed by atoms with Crippen molar-refractivity contribution < 1.29 is 24.5 Å². The van der Waals surface area contributed by atoms with Crippen molar-refractivity contribution in [2.24, 2.45) is 0 Å². The van der Waals surface area contributed by atoms with E-state index in [0.29, 0.717) is 25.9 Å². The van der Waals surface area contributed by atoms with E-state index in [9.17, 15) is 19.8 Å². The highest BCUT2D eigenvalue weighted by Crippen LogP contribution is 2.20. The van der Waals surface area contributed by atoms with Gasteiger partial charge in [-0.3, -0.25) is 9.59 Å².